The maximum atomic E-state index is 13.1. The van der Waals surface area contributed by atoms with Crippen LogP contribution in [0.5, 0.6) is 0 Å². The van der Waals surface area contributed by atoms with Crippen LogP contribution in [-0.4, -0.2) is 46.5 Å². The van der Waals surface area contributed by atoms with Gasteiger partial charge in [0.25, 0.3) is 5.91 Å². The lowest BCUT2D eigenvalue weighted by Gasteiger charge is -2.36. The van der Waals surface area contributed by atoms with Crippen molar-refractivity contribution >= 4 is 11.9 Å². The Morgan fingerprint density at radius 3 is 2.68 bits per heavy atom. The van der Waals surface area contributed by atoms with E-state index in [0.717, 1.165) is 38.4 Å². The number of anilines is 1. The minimum atomic E-state index is -0.0392. The monoisotopic (exact) mass is 333 g/mol. The first kappa shape index (κ1) is 15.6. The third-order valence-corrected chi connectivity index (χ3v) is 5.09. The van der Waals surface area contributed by atoms with Gasteiger partial charge in [0.2, 0.25) is 5.95 Å². The summed E-state index contributed by atoms with van der Waals surface area (Å²) in [4.78, 5) is 26.0. The van der Waals surface area contributed by atoms with E-state index in [1.807, 2.05) is 17.0 Å². The van der Waals surface area contributed by atoms with Crippen LogP contribution in [0, 0.1) is 17.2 Å². The molecule has 0 aliphatic carbocycles. The summed E-state index contributed by atoms with van der Waals surface area (Å²) in [5.74, 6) is 1.09. The van der Waals surface area contributed by atoms with E-state index in [0.29, 0.717) is 17.0 Å². The molecule has 0 spiro atoms. The predicted molar refractivity (Wildman–Crippen MR) is 93.0 cm³/mol. The first-order valence-electron chi connectivity index (χ1n) is 8.58. The Kier molecular flexibility index (Phi) is 4.06. The highest BCUT2D eigenvalue weighted by atomic mass is 16.2. The molecule has 0 N–H and O–H groups in total. The van der Waals surface area contributed by atoms with E-state index in [4.69, 9.17) is 0 Å². The van der Waals surface area contributed by atoms with Crippen LogP contribution in [0.1, 0.15) is 28.8 Å². The second-order valence-corrected chi connectivity index (χ2v) is 6.67. The molecule has 3 aliphatic rings. The Labute approximate surface area is 146 Å². The van der Waals surface area contributed by atoms with Crippen molar-refractivity contribution in [2.24, 2.45) is 5.92 Å². The SMILES string of the molecule is N#Cc1ccccc1C(=O)N1C[C@@H]2CC[C@H]1CN(c1ncccn1)C2. The lowest BCUT2D eigenvalue weighted by atomic mass is 9.94. The Morgan fingerprint density at radius 1 is 1.08 bits per heavy atom. The second-order valence-electron chi connectivity index (χ2n) is 6.67. The van der Waals surface area contributed by atoms with Crippen molar-refractivity contribution in [3.05, 3.63) is 53.9 Å². The van der Waals surface area contributed by atoms with E-state index >= 15 is 0 Å². The summed E-state index contributed by atoms with van der Waals surface area (Å²) < 4.78 is 0. The fraction of sp³-hybridized carbons (Fsp3) is 0.368. The number of fused-ring (bicyclic) bond motifs is 4. The van der Waals surface area contributed by atoms with Crippen molar-refractivity contribution in [1.29, 1.82) is 5.26 Å². The number of nitriles is 1. The van der Waals surface area contributed by atoms with Gasteiger partial charge in [-0.2, -0.15) is 5.26 Å². The Bertz CT molecular complexity index is 816. The second kappa shape index (κ2) is 6.52. The van der Waals surface area contributed by atoms with Crippen molar-refractivity contribution in [2.75, 3.05) is 24.5 Å². The van der Waals surface area contributed by atoms with Crippen molar-refractivity contribution in [3.8, 4) is 6.07 Å². The van der Waals surface area contributed by atoms with Gasteiger partial charge in [0.05, 0.1) is 17.2 Å². The van der Waals surface area contributed by atoms with Gasteiger partial charge in [0, 0.05) is 38.1 Å². The molecule has 0 radical (unpaired) electrons. The highest BCUT2D eigenvalue weighted by Crippen LogP contribution is 2.30. The molecule has 4 heterocycles. The number of amides is 1. The van der Waals surface area contributed by atoms with Gasteiger partial charge in [0.15, 0.2) is 0 Å². The number of hydrogen-bond donors (Lipinski definition) is 0. The molecule has 6 nitrogen and oxygen atoms in total. The highest BCUT2D eigenvalue weighted by Gasteiger charge is 2.38. The molecule has 1 aromatic carbocycles. The Hall–Kier alpha value is -2.94. The Morgan fingerprint density at radius 2 is 1.88 bits per heavy atom. The molecule has 2 aromatic rings. The standard InChI is InChI=1S/C19H19N5O/c20-10-15-4-1-2-5-17(15)18(25)24-12-14-6-7-16(24)13-23(11-14)19-21-8-3-9-22-19/h1-5,8-9,14,16H,6-7,11-13H2/t14-,16+/m1/s1. The quantitative estimate of drug-likeness (QED) is 0.841. The summed E-state index contributed by atoms with van der Waals surface area (Å²) >= 11 is 0. The summed E-state index contributed by atoms with van der Waals surface area (Å²) in [6.07, 6.45) is 5.59. The lowest BCUT2D eigenvalue weighted by molar-refractivity contribution is 0.0591. The number of aromatic nitrogens is 2. The number of benzene rings is 1. The fourth-order valence-electron chi connectivity index (χ4n) is 3.87. The number of piperidine rings is 1. The molecule has 0 saturated carbocycles. The molecular formula is C19H19N5O. The molecule has 5 rings (SSSR count). The van der Waals surface area contributed by atoms with E-state index in [2.05, 4.69) is 20.9 Å². The van der Waals surface area contributed by atoms with E-state index in [1.54, 1.807) is 30.6 Å². The van der Waals surface area contributed by atoms with Crippen molar-refractivity contribution in [2.45, 2.75) is 18.9 Å². The van der Waals surface area contributed by atoms with Crippen LogP contribution < -0.4 is 4.90 Å². The zero-order chi connectivity index (χ0) is 17.2. The van der Waals surface area contributed by atoms with Gasteiger partial charge in [-0.15, -0.1) is 0 Å². The maximum Gasteiger partial charge on any atom is 0.255 e. The van der Waals surface area contributed by atoms with E-state index in [-0.39, 0.29) is 11.9 Å². The average molecular weight is 333 g/mol. The molecule has 126 valence electrons. The molecule has 25 heavy (non-hydrogen) atoms. The molecule has 3 aliphatic heterocycles. The highest BCUT2D eigenvalue weighted by molar-refractivity contribution is 5.97. The number of hydrogen-bond acceptors (Lipinski definition) is 5. The van der Waals surface area contributed by atoms with Crippen molar-refractivity contribution in [3.63, 3.8) is 0 Å². The summed E-state index contributed by atoms with van der Waals surface area (Å²) in [5, 5.41) is 9.30. The zero-order valence-corrected chi connectivity index (χ0v) is 13.9. The number of rotatable bonds is 2. The zero-order valence-electron chi connectivity index (χ0n) is 13.9. The number of nitrogens with zero attached hydrogens (tertiary/aromatic N) is 5. The molecule has 2 bridgehead atoms. The average Bonchev–Trinajstić information content (AvgIpc) is 3.00. The van der Waals surface area contributed by atoms with Gasteiger partial charge in [-0.25, -0.2) is 9.97 Å². The van der Waals surface area contributed by atoms with E-state index in [9.17, 15) is 10.1 Å². The van der Waals surface area contributed by atoms with Gasteiger partial charge in [-0.3, -0.25) is 4.79 Å². The minimum absolute atomic E-state index is 0.0392. The first-order valence-corrected chi connectivity index (χ1v) is 8.58. The van der Waals surface area contributed by atoms with Crippen LogP contribution in [0.3, 0.4) is 0 Å². The summed E-state index contributed by atoms with van der Waals surface area (Å²) in [7, 11) is 0. The molecule has 6 heteroatoms. The van der Waals surface area contributed by atoms with Crippen LogP contribution in [0.25, 0.3) is 0 Å². The van der Waals surface area contributed by atoms with Crippen molar-refractivity contribution < 1.29 is 4.79 Å². The molecule has 1 amide bonds. The molecule has 3 saturated heterocycles. The first-order chi connectivity index (χ1) is 12.3. The molecule has 0 unspecified atom stereocenters. The molecule has 3 fully saturated rings. The van der Waals surface area contributed by atoms with E-state index < -0.39 is 0 Å². The smallest absolute Gasteiger partial charge is 0.255 e. The normalized spacial score (nSPS) is 22.4. The maximum absolute atomic E-state index is 13.1. The third kappa shape index (κ3) is 2.93. The topological polar surface area (TPSA) is 73.1 Å². The fourth-order valence-corrected chi connectivity index (χ4v) is 3.87. The van der Waals surface area contributed by atoms with Crippen LogP contribution in [0.15, 0.2) is 42.7 Å². The summed E-state index contributed by atoms with van der Waals surface area (Å²) in [5.41, 5.74) is 0.941. The lowest BCUT2D eigenvalue weighted by Crippen LogP contribution is -2.47. The van der Waals surface area contributed by atoms with Crippen LogP contribution in [-0.2, 0) is 0 Å². The minimum Gasteiger partial charge on any atom is -0.338 e. The van der Waals surface area contributed by atoms with Crippen molar-refractivity contribution in [1.82, 2.24) is 14.9 Å². The number of carbonyl (C=O) groups excluding carboxylic acids is 1. The van der Waals surface area contributed by atoms with Gasteiger partial charge >= 0.3 is 0 Å². The summed E-state index contributed by atoms with van der Waals surface area (Å²) in [6, 6.07) is 11.1. The number of carbonyl (C=O) groups is 1. The molecular weight excluding hydrogens is 314 g/mol. The Balaban J connectivity index is 1.61. The summed E-state index contributed by atoms with van der Waals surface area (Å²) in [6.45, 7) is 2.33. The van der Waals surface area contributed by atoms with Crippen LogP contribution in [0.2, 0.25) is 0 Å². The van der Waals surface area contributed by atoms with Gasteiger partial charge in [-0.05, 0) is 37.0 Å². The predicted octanol–water partition coefficient (Wildman–Crippen LogP) is 2.09. The van der Waals surface area contributed by atoms with Gasteiger partial charge in [0.1, 0.15) is 0 Å². The molecule has 2 atom stereocenters. The van der Waals surface area contributed by atoms with Gasteiger partial charge < -0.3 is 9.80 Å². The van der Waals surface area contributed by atoms with Crippen LogP contribution >= 0.6 is 0 Å². The third-order valence-electron chi connectivity index (χ3n) is 5.09. The van der Waals surface area contributed by atoms with E-state index in [1.165, 1.54) is 0 Å². The largest absolute Gasteiger partial charge is 0.338 e. The van der Waals surface area contributed by atoms with Crippen LogP contribution in [0.4, 0.5) is 5.95 Å². The molecule has 1 aromatic heterocycles. The van der Waals surface area contributed by atoms with Gasteiger partial charge in [-0.1, -0.05) is 12.1 Å².